The fourth-order valence-corrected chi connectivity index (χ4v) is 3.79. The molecule has 0 fully saturated rings. The van der Waals surface area contributed by atoms with Gasteiger partial charge in [-0.15, -0.1) is 0 Å². The normalized spacial score (nSPS) is 12.3. The van der Waals surface area contributed by atoms with Crippen LogP contribution >= 0.6 is 0 Å². The zero-order valence-electron chi connectivity index (χ0n) is 16.0. The van der Waals surface area contributed by atoms with Gasteiger partial charge in [0.1, 0.15) is 0 Å². The van der Waals surface area contributed by atoms with Crippen molar-refractivity contribution in [2.24, 2.45) is 10.8 Å². The van der Waals surface area contributed by atoms with Crippen molar-refractivity contribution in [3.8, 4) is 0 Å². The fraction of sp³-hybridized carbons (Fsp3) is 0.435. The van der Waals surface area contributed by atoms with E-state index in [0.29, 0.717) is 10.8 Å². The van der Waals surface area contributed by atoms with Crippen LogP contribution in [0.3, 0.4) is 0 Å². The summed E-state index contributed by atoms with van der Waals surface area (Å²) in [6.07, 6.45) is 2.25. The van der Waals surface area contributed by atoms with E-state index in [1.807, 2.05) is 0 Å². The van der Waals surface area contributed by atoms with Crippen molar-refractivity contribution >= 4 is 3.21 Å². The van der Waals surface area contributed by atoms with E-state index in [2.05, 4.69) is 90.1 Å². The fourth-order valence-electron chi connectivity index (χ4n) is 2.97. The summed E-state index contributed by atoms with van der Waals surface area (Å²) < 4.78 is 1.44. The van der Waals surface area contributed by atoms with Crippen molar-refractivity contribution in [1.29, 1.82) is 0 Å². The van der Waals surface area contributed by atoms with Crippen LogP contribution in [-0.2, 0) is 37.1 Å². The van der Waals surface area contributed by atoms with E-state index < -0.39 is 0 Å². The summed E-state index contributed by atoms with van der Waals surface area (Å²) in [5.74, 6) is 0. The van der Waals surface area contributed by atoms with E-state index in [0.717, 1.165) is 12.8 Å². The van der Waals surface area contributed by atoms with Crippen LogP contribution < -0.4 is 0 Å². The molecule has 0 aliphatic carbocycles. The number of hydrogen-bond donors (Lipinski definition) is 0. The van der Waals surface area contributed by atoms with Gasteiger partial charge in [0.25, 0.3) is 0 Å². The van der Waals surface area contributed by atoms with Crippen LogP contribution in [0.1, 0.15) is 63.8 Å². The molecule has 0 unspecified atom stereocenters. The molecule has 2 aromatic carbocycles. The third-order valence-electron chi connectivity index (χ3n) is 3.95. The van der Waals surface area contributed by atoms with Crippen LogP contribution in [0.4, 0.5) is 0 Å². The second kappa shape index (κ2) is 7.61. The van der Waals surface area contributed by atoms with Crippen LogP contribution in [-0.4, -0.2) is 3.21 Å². The first kappa shape index (κ1) is 19.5. The van der Waals surface area contributed by atoms with Gasteiger partial charge in [-0.3, -0.25) is 0 Å². The van der Waals surface area contributed by atoms with Gasteiger partial charge in [0, 0.05) is 0 Å². The first-order valence-electron chi connectivity index (χ1n) is 8.81. The molecule has 0 aromatic heterocycles. The Balaban J connectivity index is 2.11. The van der Waals surface area contributed by atoms with Crippen LogP contribution in [0, 0.1) is 10.8 Å². The summed E-state index contributed by atoms with van der Waals surface area (Å²) in [4.78, 5) is 0. The van der Waals surface area contributed by atoms with Gasteiger partial charge in [-0.05, 0) is 0 Å². The summed E-state index contributed by atoms with van der Waals surface area (Å²) in [6.45, 7) is 13.8. The molecule has 0 spiro atoms. The Bertz CT molecular complexity index is 615. The molecule has 1 heteroatoms. The summed E-state index contributed by atoms with van der Waals surface area (Å²) in [6, 6.07) is 18.3. The summed E-state index contributed by atoms with van der Waals surface area (Å²) in [5, 5.41) is 0. The SMILES string of the molecule is CC(C)(C)Cc1ccc([C](=[Zr+2])c2ccc(CC(C)(C)C)cc2)cc1. The Labute approximate surface area is 163 Å². The molecular formula is C23H30Zr+2. The molecule has 0 bridgehead atoms. The van der Waals surface area contributed by atoms with Gasteiger partial charge in [-0.2, -0.15) is 0 Å². The second-order valence-electron chi connectivity index (χ2n) is 9.24. The Morgan fingerprint density at radius 3 is 1.17 bits per heavy atom. The van der Waals surface area contributed by atoms with Gasteiger partial charge in [-0.25, -0.2) is 0 Å². The van der Waals surface area contributed by atoms with E-state index in [1.54, 1.807) is 0 Å². The maximum absolute atomic E-state index is 2.29. The third kappa shape index (κ3) is 6.25. The van der Waals surface area contributed by atoms with Gasteiger partial charge in [0.05, 0.1) is 0 Å². The molecule has 24 heavy (non-hydrogen) atoms. The van der Waals surface area contributed by atoms with Crippen molar-refractivity contribution in [3.05, 3.63) is 70.8 Å². The minimum atomic E-state index is 0.342. The van der Waals surface area contributed by atoms with Crippen molar-refractivity contribution in [3.63, 3.8) is 0 Å². The van der Waals surface area contributed by atoms with Gasteiger partial charge >= 0.3 is 163 Å². The Kier molecular flexibility index (Phi) is 6.19. The molecule has 2 aromatic rings. The van der Waals surface area contributed by atoms with E-state index in [-0.39, 0.29) is 0 Å². The molecule has 0 amide bonds. The van der Waals surface area contributed by atoms with Gasteiger partial charge < -0.3 is 0 Å². The number of hydrogen-bond acceptors (Lipinski definition) is 0. The second-order valence-corrected chi connectivity index (χ2v) is 10.5. The molecule has 0 nitrogen and oxygen atoms in total. The topological polar surface area (TPSA) is 0 Å². The molecule has 0 N–H and O–H groups in total. The molecule has 0 atom stereocenters. The standard InChI is InChI=1S/C23H30.Zr/c1-22(2,3)16-20-11-7-18(8-12-20)15-19-9-13-21(14-10-19)17-23(4,5)6;/h7-14H,16-17H2,1-6H3;/q;+2. The van der Waals surface area contributed by atoms with E-state index >= 15 is 0 Å². The number of benzene rings is 2. The molecule has 124 valence electrons. The first-order chi connectivity index (χ1) is 11.0. The van der Waals surface area contributed by atoms with E-state index in [4.69, 9.17) is 0 Å². The van der Waals surface area contributed by atoms with Crippen molar-refractivity contribution < 1.29 is 24.2 Å². The van der Waals surface area contributed by atoms with E-state index in [1.165, 1.54) is 49.7 Å². The summed E-state index contributed by atoms with van der Waals surface area (Å²) in [7, 11) is 0. The van der Waals surface area contributed by atoms with Gasteiger partial charge in [-0.1, -0.05) is 0 Å². The minimum absolute atomic E-state index is 0.342. The molecule has 0 heterocycles. The van der Waals surface area contributed by atoms with Crippen LogP contribution in [0.2, 0.25) is 0 Å². The van der Waals surface area contributed by atoms with Gasteiger partial charge in [0.15, 0.2) is 0 Å². The average Bonchev–Trinajstić information content (AvgIpc) is 2.45. The molecule has 2 rings (SSSR count). The molecule has 0 radical (unpaired) electrons. The van der Waals surface area contributed by atoms with Crippen LogP contribution in [0.15, 0.2) is 48.5 Å². The van der Waals surface area contributed by atoms with Crippen molar-refractivity contribution in [2.75, 3.05) is 0 Å². The van der Waals surface area contributed by atoms with E-state index in [9.17, 15) is 0 Å². The molecule has 0 saturated carbocycles. The monoisotopic (exact) mass is 396 g/mol. The third-order valence-corrected chi connectivity index (χ3v) is 5.37. The average molecular weight is 398 g/mol. The molecular weight excluding hydrogens is 367 g/mol. The van der Waals surface area contributed by atoms with Crippen molar-refractivity contribution in [2.45, 2.75) is 54.4 Å². The zero-order valence-corrected chi connectivity index (χ0v) is 18.5. The quantitative estimate of drug-likeness (QED) is 0.595. The van der Waals surface area contributed by atoms with Gasteiger partial charge in [0.2, 0.25) is 0 Å². The molecule has 0 saturated heterocycles. The Morgan fingerprint density at radius 1 is 0.625 bits per heavy atom. The summed E-state index contributed by atoms with van der Waals surface area (Å²) in [5.41, 5.74) is 6.25. The predicted octanol–water partition coefficient (Wildman–Crippen LogP) is 5.98. The van der Waals surface area contributed by atoms with Crippen LogP contribution in [0.25, 0.3) is 0 Å². The maximum atomic E-state index is 2.29. The zero-order chi connectivity index (χ0) is 18.0. The Morgan fingerprint density at radius 2 is 0.917 bits per heavy atom. The molecule has 0 aliphatic heterocycles. The predicted molar refractivity (Wildman–Crippen MR) is 102 cm³/mol. The van der Waals surface area contributed by atoms with Crippen molar-refractivity contribution in [1.82, 2.24) is 0 Å². The Hall–Kier alpha value is -0.807. The number of rotatable bonds is 4. The van der Waals surface area contributed by atoms with Crippen LogP contribution in [0.5, 0.6) is 0 Å². The molecule has 0 aliphatic rings. The first-order valence-corrected chi connectivity index (χ1v) is 10.0. The summed E-state index contributed by atoms with van der Waals surface area (Å²) >= 11 is 1.47.